The van der Waals surface area contributed by atoms with Crippen molar-refractivity contribution < 1.29 is 0 Å². The molecule has 0 radical (unpaired) electrons. The molecule has 28 heavy (non-hydrogen) atoms. The van der Waals surface area contributed by atoms with Gasteiger partial charge in [-0.15, -0.1) is 0 Å². The van der Waals surface area contributed by atoms with Gasteiger partial charge in [-0.3, -0.25) is 0 Å². The Morgan fingerprint density at radius 1 is 0.750 bits per heavy atom. The molecule has 0 nitrogen and oxygen atoms in total. The van der Waals surface area contributed by atoms with E-state index in [1.807, 2.05) is 0 Å². The second-order valence-corrected chi connectivity index (χ2v) is 38.9. The lowest BCUT2D eigenvalue weighted by molar-refractivity contribution is 0.751. The van der Waals surface area contributed by atoms with Gasteiger partial charge in [-0.05, 0) is 25.2 Å². The van der Waals surface area contributed by atoms with Crippen LogP contribution in [0, 0.1) is 5.92 Å². The highest BCUT2D eigenvalue weighted by Gasteiger charge is 2.71. The Balaban J connectivity index is 7.01. The highest BCUT2D eigenvalue weighted by Crippen LogP contribution is 3.26. The maximum absolute atomic E-state index is 2.76. The molecule has 6 heteroatoms. The Morgan fingerprint density at radius 2 is 1.32 bits per heavy atom. The average molecular weight is 507 g/mol. The van der Waals surface area contributed by atoms with E-state index in [1.54, 1.807) is 0 Å². The van der Waals surface area contributed by atoms with E-state index in [4.69, 9.17) is 0 Å². The van der Waals surface area contributed by atoms with Crippen molar-refractivity contribution in [3.05, 3.63) is 0 Å². The fourth-order valence-corrected chi connectivity index (χ4v) is 47.5. The van der Waals surface area contributed by atoms with Gasteiger partial charge in [-0.25, -0.2) is 0 Å². The van der Waals surface area contributed by atoms with Crippen LogP contribution in [0.4, 0.5) is 0 Å². The molecule has 0 spiro atoms. The Labute approximate surface area is 196 Å². The summed E-state index contributed by atoms with van der Waals surface area (Å²) >= 11 is 0. The van der Waals surface area contributed by atoms with Crippen LogP contribution in [0.1, 0.15) is 102 Å². The van der Waals surface area contributed by atoms with Gasteiger partial charge in [0.1, 0.15) is 0 Å². The van der Waals surface area contributed by atoms with Crippen LogP contribution in [0.3, 0.4) is 0 Å². The summed E-state index contributed by atoms with van der Waals surface area (Å²) in [6.07, 6.45) is 5.13. The number of hydrogen-bond donors (Lipinski definition) is 0. The van der Waals surface area contributed by atoms with Crippen molar-refractivity contribution in [2.75, 3.05) is 17.3 Å². The summed E-state index contributed by atoms with van der Waals surface area (Å²) in [7, 11) is 12.1. The lowest BCUT2D eigenvalue weighted by atomic mass is 10.3. The van der Waals surface area contributed by atoms with Crippen molar-refractivity contribution in [3.63, 3.8) is 0 Å². The summed E-state index contributed by atoms with van der Waals surface area (Å²) in [4.78, 5) is 0. The third kappa shape index (κ3) is 6.56. The zero-order chi connectivity index (χ0) is 22.1. The molecule has 0 aromatic heterocycles. The highest BCUT2D eigenvalue weighted by molar-refractivity contribution is 9.97. The smallest absolute Gasteiger partial charge is 0.0178 e. The first-order chi connectivity index (χ1) is 12.8. The van der Waals surface area contributed by atoms with Crippen molar-refractivity contribution in [1.29, 1.82) is 0 Å². The summed E-state index contributed by atoms with van der Waals surface area (Å²) in [6, 6.07) is 0. The molecule has 0 heterocycles. The van der Waals surface area contributed by atoms with Crippen LogP contribution in [-0.4, -0.2) is 32.5 Å². The third-order valence-electron chi connectivity index (χ3n) is 4.62. The Kier molecular flexibility index (Phi) is 12.7. The summed E-state index contributed by atoms with van der Waals surface area (Å²) in [5.41, 5.74) is 0. The predicted octanol–water partition coefficient (Wildman–Crippen LogP) is 11.0. The summed E-state index contributed by atoms with van der Waals surface area (Å²) in [5.74, 6) is 4.55. The molecular weight excluding hydrogens is 457 g/mol. The van der Waals surface area contributed by atoms with Gasteiger partial charge in [0.05, 0.1) is 0 Å². The van der Waals surface area contributed by atoms with Gasteiger partial charge in [0.25, 0.3) is 0 Å². The molecule has 0 fully saturated rings. The van der Waals surface area contributed by atoms with Crippen molar-refractivity contribution in [1.82, 2.24) is 0 Å². The molecule has 0 aromatic carbocycles. The molecule has 1 unspecified atom stereocenters. The van der Waals surface area contributed by atoms with Crippen LogP contribution in [0.25, 0.3) is 0 Å². The zero-order valence-corrected chi connectivity index (χ0v) is 25.5. The molecule has 0 aromatic rings. The summed E-state index contributed by atoms with van der Waals surface area (Å²) < 4.78 is -2.53. The van der Waals surface area contributed by atoms with Gasteiger partial charge >= 0.3 is 0 Å². The van der Waals surface area contributed by atoms with Crippen LogP contribution in [0.2, 0.25) is 0 Å². The lowest BCUT2D eigenvalue weighted by Gasteiger charge is -2.83. The topological polar surface area (TPSA) is 0 Å². The molecule has 0 amide bonds. The SMILES string of the molecule is CCCCSS(SCCC)(SCC(C)C)(SC(C)C)(SC(C)CC)C(C)(C)C. The van der Waals surface area contributed by atoms with Gasteiger partial charge in [0.15, 0.2) is 0 Å². The van der Waals surface area contributed by atoms with Gasteiger partial charge in [-0.2, -0.15) is 0 Å². The fraction of sp³-hybridized carbons (Fsp3) is 1.00. The predicted molar refractivity (Wildman–Crippen MR) is 155 cm³/mol. The van der Waals surface area contributed by atoms with Gasteiger partial charge in [-0.1, -0.05) is 140 Å². The van der Waals surface area contributed by atoms with E-state index < -0.39 is 3.45 Å². The van der Waals surface area contributed by atoms with Crippen LogP contribution >= 0.6 is 57.4 Å². The van der Waals surface area contributed by atoms with E-state index >= 15 is 0 Å². The van der Waals surface area contributed by atoms with Crippen LogP contribution in [0.5, 0.6) is 0 Å². The van der Waals surface area contributed by atoms with E-state index in [0.717, 1.165) is 5.92 Å². The number of hydrogen-bond acceptors (Lipinski definition) is 5. The molecule has 0 saturated carbocycles. The monoisotopic (exact) mass is 506 g/mol. The zero-order valence-electron chi connectivity index (χ0n) is 20.6. The minimum absolute atomic E-state index is 0.237. The quantitative estimate of drug-likeness (QED) is 0.159. The minimum atomic E-state index is -2.76. The highest BCUT2D eigenvalue weighted by atomic mass is 34.4. The summed E-state index contributed by atoms with van der Waals surface area (Å²) in [6.45, 7) is 27.0. The molecule has 0 saturated heterocycles. The molecule has 0 rings (SSSR count). The number of unbranched alkanes of at least 4 members (excludes halogenated alkanes) is 1. The minimum Gasteiger partial charge on any atom is -0.0937 e. The average Bonchev–Trinajstić information content (AvgIpc) is 2.57. The van der Waals surface area contributed by atoms with Crippen molar-refractivity contribution in [2.24, 2.45) is 5.92 Å². The standard InChI is InChI=1S/C22H50S6/c1-12-15-17-24-28(22(9,10)11,23-16-13-2,26-20(6)7,25-18-19(4)5)27-21(8)14-3/h19-21H,12-18H2,1-11H3. The molecular formula is C22H50S6. The van der Waals surface area contributed by atoms with E-state index in [1.165, 1.54) is 42.9 Å². The second kappa shape index (κ2) is 11.8. The first-order valence-electron chi connectivity index (χ1n) is 11.2. The molecule has 0 aliphatic heterocycles. The van der Waals surface area contributed by atoms with Gasteiger partial charge in [0.2, 0.25) is 0 Å². The molecule has 0 N–H and O–H groups in total. The van der Waals surface area contributed by atoms with Crippen molar-refractivity contribution in [3.8, 4) is 0 Å². The van der Waals surface area contributed by atoms with E-state index in [2.05, 4.69) is 130 Å². The van der Waals surface area contributed by atoms with Gasteiger partial charge < -0.3 is 0 Å². The van der Waals surface area contributed by atoms with Crippen molar-refractivity contribution in [2.45, 2.75) is 117 Å². The first kappa shape index (κ1) is 30.1. The first-order valence-corrected chi connectivity index (χ1v) is 20.9. The van der Waals surface area contributed by atoms with Gasteiger partial charge in [0, 0.05) is 32.5 Å². The van der Waals surface area contributed by atoms with E-state index in [-0.39, 0.29) is 4.75 Å². The molecule has 174 valence electrons. The normalized spacial score (nSPS) is 17.0. The summed E-state index contributed by atoms with van der Waals surface area (Å²) in [5, 5.41) is 1.32. The van der Waals surface area contributed by atoms with Crippen LogP contribution in [-0.2, 0) is 0 Å². The second-order valence-electron chi connectivity index (χ2n) is 9.35. The maximum Gasteiger partial charge on any atom is 0.0178 e. The largest absolute Gasteiger partial charge is 0.0937 e. The lowest BCUT2D eigenvalue weighted by Crippen LogP contribution is -2.40. The molecule has 0 aliphatic carbocycles. The molecule has 1 atom stereocenters. The van der Waals surface area contributed by atoms with Crippen LogP contribution < -0.4 is 0 Å². The molecule has 0 aliphatic rings. The molecule has 0 bridgehead atoms. The fourth-order valence-electron chi connectivity index (χ4n) is 2.86. The number of rotatable bonds is 15. The van der Waals surface area contributed by atoms with Crippen molar-refractivity contribution >= 4 is 57.4 Å². The van der Waals surface area contributed by atoms with E-state index in [0.29, 0.717) is 10.5 Å². The Hall–Kier alpha value is 2.10. The van der Waals surface area contributed by atoms with Crippen LogP contribution in [0.15, 0.2) is 0 Å². The Bertz CT molecular complexity index is 460. The third-order valence-corrected chi connectivity index (χ3v) is 46.4. The maximum atomic E-state index is 2.58. The van der Waals surface area contributed by atoms with E-state index in [9.17, 15) is 0 Å². The Morgan fingerprint density at radius 3 is 1.71 bits per heavy atom.